The summed E-state index contributed by atoms with van der Waals surface area (Å²) >= 11 is 0. The first kappa shape index (κ1) is 19.9. The highest BCUT2D eigenvalue weighted by molar-refractivity contribution is 5.85. The summed E-state index contributed by atoms with van der Waals surface area (Å²) in [6, 6.07) is 3.70. The van der Waals surface area contributed by atoms with Crippen LogP contribution in [0.3, 0.4) is 0 Å². The molecule has 0 radical (unpaired) electrons. The molecule has 0 bridgehead atoms. The fourth-order valence-electron chi connectivity index (χ4n) is 1.98. The van der Waals surface area contributed by atoms with E-state index >= 15 is 0 Å². The van der Waals surface area contributed by atoms with Gasteiger partial charge in [-0.15, -0.1) is 0 Å². The molecule has 2 amide bonds. The van der Waals surface area contributed by atoms with Crippen LogP contribution < -0.4 is 20.7 Å². The van der Waals surface area contributed by atoms with Gasteiger partial charge in [0.1, 0.15) is 0 Å². The molecular formula is C17H28N4O3. The Morgan fingerprint density at radius 1 is 1.25 bits per heavy atom. The second-order valence-corrected chi connectivity index (χ2v) is 6.03. The number of nitrogens with zero attached hydrogens (tertiary/aromatic N) is 1. The van der Waals surface area contributed by atoms with Gasteiger partial charge < -0.3 is 20.7 Å². The van der Waals surface area contributed by atoms with Crippen LogP contribution in [0.1, 0.15) is 39.7 Å². The Morgan fingerprint density at radius 3 is 2.67 bits per heavy atom. The van der Waals surface area contributed by atoms with E-state index < -0.39 is 5.54 Å². The summed E-state index contributed by atoms with van der Waals surface area (Å²) in [6.07, 6.45) is 2.57. The molecular weight excluding hydrogens is 308 g/mol. The Kier molecular flexibility index (Phi) is 8.18. The lowest BCUT2D eigenvalue weighted by atomic mass is 10.0. The summed E-state index contributed by atoms with van der Waals surface area (Å²) in [6.45, 7) is 9.02. The Bertz CT molecular complexity index is 546. The molecule has 0 spiro atoms. The van der Waals surface area contributed by atoms with Gasteiger partial charge in [0.2, 0.25) is 17.7 Å². The van der Waals surface area contributed by atoms with Crippen LogP contribution in [0.15, 0.2) is 18.3 Å². The van der Waals surface area contributed by atoms with Crippen molar-refractivity contribution < 1.29 is 14.3 Å². The molecule has 1 aromatic rings. The highest BCUT2D eigenvalue weighted by atomic mass is 16.5. The van der Waals surface area contributed by atoms with Crippen molar-refractivity contribution in [2.45, 2.75) is 46.2 Å². The molecule has 0 aliphatic rings. The van der Waals surface area contributed by atoms with Gasteiger partial charge in [-0.1, -0.05) is 13.0 Å². The number of carbonyl (C=O) groups is 2. The Morgan fingerprint density at radius 2 is 2.00 bits per heavy atom. The molecule has 0 atom stereocenters. The molecule has 0 fully saturated rings. The van der Waals surface area contributed by atoms with Gasteiger partial charge in [0.25, 0.3) is 0 Å². The monoisotopic (exact) mass is 336 g/mol. The number of nitrogens with one attached hydrogen (secondary N) is 3. The van der Waals surface area contributed by atoms with E-state index in [2.05, 4.69) is 20.9 Å². The summed E-state index contributed by atoms with van der Waals surface area (Å²) in [5.41, 5.74) is 0.0961. The predicted octanol–water partition coefficient (Wildman–Crippen LogP) is 0.991. The van der Waals surface area contributed by atoms with Crippen LogP contribution in [0.2, 0.25) is 0 Å². The summed E-state index contributed by atoms with van der Waals surface area (Å²) < 4.78 is 5.59. The van der Waals surface area contributed by atoms with Gasteiger partial charge >= 0.3 is 0 Å². The van der Waals surface area contributed by atoms with Gasteiger partial charge in [0, 0.05) is 38.3 Å². The number of pyridine rings is 1. The van der Waals surface area contributed by atoms with E-state index in [4.69, 9.17) is 4.74 Å². The Balaban J connectivity index is 2.50. The minimum Gasteiger partial charge on any atom is -0.477 e. The zero-order valence-corrected chi connectivity index (χ0v) is 14.9. The standard InChI is InChI=1S/C17H28N4O3/c1-5-11-24-15-14(7-6-8-19-15)12-20-16(23)17(3,4)21-10-9-18-13(2)22/h6-8,21H,5,9-12H2,1-4H3,(H,18,22)(H,20,23). The van der Waals surface area contributed by atoms with Gasteiger partial charge in [-0.25, -0.2) is 4.98 Å². The molecule has 0 aromatic carbocycles. The topological polar surface area (TPSA) is 92.3 Å². The van der Waals surface area contributed by atoms with Gasteiger partial charge in [0.05, 0.1) is 12.1 Å². The average molecular weight is 336 g/mol. The van der Waals surface area contributed by atoms with E-state index in [-0.39, 0.29) is 11.8 Å². The molecule has 134 valence electrons. The largest absolute Gasteiger partial charge is 0.477 e. The fraction of sp³-hybridized carbons (Fsp3) is 0.588. The van der Waals surface area contributed by atoms with Crippen molar-refractivity contribution in [3.8, 4) is 5.88 Å². The maximum absolute atomic E-state index is 12.4. The van der Waals surface area contributed by atoms with Crippen LogP contribution in [0.4, 0.5) is 0 Å². The number of rotatable bonds is 10. The van der Waals surface area contributed by atoms with Gasteiger partial charge in [-0.3, -0.25) is 9.59 Å². The van der Waals surface area contributed by atoms with E-state index in [0.29, 0.717) is 32.1 Å². The lowest BCUT2D eigenvalue weighted by molar-refractivity contribution is -0.126. The number of amides is 2. The first-order valence-electron chi connectivity index (χ1n) is 8.21. The highest BCUT2D eigenvalue weighted by Crippen LogP contribution is 2.14. The molecule has 24 heavy (non-hydrogen) atoms. The third-order valence-electron chi connectivity index (χ3n) is 3.37. The molecule has 0 saturated carbocycles. The third kappa shape index (κ3) is 6.95. The maximum atomic E-state index is 12.4. The predicted molar refractivity (Wildman–Crippen MR) is 92.6 cm³/mol. The molecule has 1 aromatic heterocycles. The first-order valence-corrected chi connectivity index (χ1v) is 8.21. The Labute approximate surface area is 143 Å². The minimum atomic E-state index is -0.745. The van der Waals surface area contributed by atoms with Crippen molar-refractivity contribution in [3.63, 3.8) is 0 Å². The number of carbonyl (C=O) groups excluding carboxylic acids is 2. The second kappa shape index (κ2) is 9.87. The summed E-state index contributed by atoms with van der Waals surface area (Å²) in [4.78, 5) is 27.4. The molecule has 0 aliphatic heterocycles. The molecule has 3 N–H and O–H groups in total. The third-order valence-corrected chi connectivity index (χ3v) is 3.37. The molecule has 1 rings (SSSR count). The van der Waals surface area contributed by atoms with Crippen molar-refractivity contribution in [2.24, 2.45) is 0 Å². The Hall–Kier alpha value is -2.15. The molecule has 0 aliphatic carbocycles. The van der Waals surface area contributed by atoms with E-state index in [0.717, 1.165) is 12.0 Å². The maximum Gasteiger partial charge on any atom is 0.240 e. The van der Waals surface area contributed by atoms with Crippen LogP contribution in [0.5, 0.6) is 5.88 Å². The summed E-state index contributed by atoms with van der Waals surface area (Å²) in [5.74, 6) is 0.335. The van der Waals surface area contributed by atoms with Crippen LogP contribution >= 0.6 is 0 Å². The van der Waals surface area contributed by atoms with Crippen LogP contribution in [0, 0.1) is 0 Å². The lowest BCUT2D eigenvalue weighted by Gasteiger charge is -2.25. The van der Waals surface area contributed by atoms with Crippen molar-refractivity contribution in [2.75, 3.05) is 19.7 Å². The zero-order chi connectivity index (χ0) is 18.0. The van der Waals surface area contributed by atoms with E-state index in [9.17, 15) is 9.59 Å². The van der Waals surface area contributed by atoms with Crippen molar-refractivity contribution >= 4 is 11.8 Å². The SMILES string of the molecule is CCCOc1ncccc1CNC(=O)C(C)(C)NCCNC(C)=O. The zero-order valence-electron chi connectivity index (χ0n) is 14.9. The quantitative estimate of drug-likeness (QED) is 0.554. The normalized spacial score (nSPS) is 11.0. The molecule has 0 saturated heterocycles. The smallest absolute Gasteiger partial charge is 0.240 e. The number of hydrogen-bond donors (Lipinski definition) is 3. The molecule has 1 heterocycles. The van der Waals surface area contributed by atoms with Crippen molar-refractivity contribution in [1.82, 2.24) is 20.9 Å². The van der Waals surface area contributed by atoms with E-state index in [1.807, 2.05) is 19.1 Å². The molecule has 7 heteroatoms. The van der Waals surface area contributed by atoms with Crippen LogP contribution in [0.25, 0.3) is 0 Å². The summed E-state index contributed by atoms with van der Waals surface area (Å²) in [7, 11) is 0. The number of ether oxygens (including phenoxy) is 1. The lowest BCUT2D eigenvalue weighted by Crippen LogP contribution is -2.54. The van der Waals surface area contributed by atoms with Crippen molar-refractivity contribution in [1.29, 1.82) is 0 Å². The fourth-order valence-corrected chi connectivity index (χ4v) is 1.98. The van der Waals surface area contributed by atoms with Crippen LogP contribution in [-0.2, 0) is 16.1 Å². The molecule has 7 nitrogen and oxygen atoms in total. The van der Waals surface area contributed by atoms with E-state index in [1.54, 1.807) is 20.0 Å². The highest BCUT2D eigenvalue weighted by Gasteiger charge is 2.26. The van der Waals surface area contributed by atoms with Crippen LogP contribution in [-0.4, -0.2) is 42.0 Å². The second-order valence-electron chi connectivity index (χ2n) is 6.03. The first-order chi connectivity index (χ1) is 11.4. The number of hydrogen-bond acceptors (Lipinski definition) is 5. The number of aromatic nitrogens is 1. The molecule has 0 unspecified atom stereocenters. The van der Waals surface area contributed by atoms with Gasteiger partial charge in [-0.2, -0.15) is 0 Å². The van der Waals surface area contributed by atoms with Crippen molar-refractivity contribution in [3.05, 3.63) is 23.9 Å². The van der Waals surface area contributed by atoms with Gasteiger partial charge in [0.15, 0.2) is 0 Å². The average Bonchev–Trinajstić information content (AvgIpc) is 2.55. The van der Waals surface area contributed by atoms with E-state index in [1.165, 1.54) is 6.92 Å². The minimum absolute atomic E-state index is 0.0877. The summed E-state index contributed by atoms with van der Waals surface area (Å²) in [5, 5.41) is 8.71. The van der Waals surface area contributed by atoms with Gasteiger partial charge in [-0.05, 0) is 26.3 Å².